The summed E-state index contributed by atoms with van der Waals surface area (Å²) >= 11 is 0. The van der Waals surface area contributed by atoms with Crippen molar-refractivity contribution in [3.8, 4) is 0 Å². The maximum atomic E-state index is 14.0. The SMILES string of the molecule is C[C@@H]1CN(c2ncc(N3C(=O)C(C)(C)c4c(NC5CCC5)nc(CO[Si](C)(C)C(C)(C)C)nc43)cn2)C[C@H](C)O1. The molecule has 0 unspecified atom stereocenters. The molecule has 1 saturated heterocycles. The van der Waals surface area contributed by atoms with E-state index >= 15 is 0 Å². The van der Waals surface area contributed by atoms with E-state index in [0.717, 1.165) is 37.3 Å². The predicted molar refractivity (Wildman–Crippen MR) is 160 cm³/mol. The molecule has 0 spiro atoms. The average molecular weight is 568 g/mol. The Hall–Kier alpha value is -2.63. The summed E-state index contributed by atoms with van der Waals surface area (Å²) in [6.45, 7) is 20.9. The van der Waals surface area contributed by atoms with Crippen molar-refractivity contribution in [1.82, 2.24) is 19.9 Å². The van der Waals surface area contributed by atoms with Crippen LogP contribution in [0.25, 0.3) is 0 Å². The fraction of sp³-hybridized carbons (Fsp3) is 0.690. The van der Waals surface area contributed by atoms with E-state index in [1.165, 1.54) is 6.42 Å². The molecule has 0 aromatic carbocycles. The van der Waals surface area contributed by atoms with Crippen molar-refractivity contribution in [2.45, 2.75) is 116 Å². The van der Waals surface area contributed by atoms with Gasteiger partial charge in [0.15, 0.2) is 14.1 Å². The predicted octanol–water partition coefficient (Wildman–Crippen LogP) is 5.32. The van der Waals surface area contributed by atoms with Crippen molar-refractivity contribution in [2.24, 2.45) is 0 Å². The number of aromatic nitrogens is 4. The lowest BCUT2D eigenvalue weighted by Gasteiger charge is -2.36. The van der Waals surface area contributed by atoms with Crippen molar-refractivity contribution >= 4 is 37.5 Å². The highest BCUT2D eigenvalue weighted by molar-refractivity contribution is 6.74. The van der Waals surface area contributed by atoms with Crippen LogP contribution in [0.3, 0.4) is 0 Å². The van der Waals surface area contributed by atoms with E-state index in [9.17, 15) is 4.79 Å². The van der Waals surface area contributed by atoms with Gasteiger partial charge in [-0.1, -0.05) is 20.8 Å². The highest BCUT2D eigenvalue weighted by atomic mass is 28.4. The molecule has 4 heterocycles. The van der Waals surface area contributed by atoms with Gasteiger partial charge in [0, 0.05) is 19.1 Å². The largest absolute Gasteiger partial charge is 0.409 e. The molecule has 40 heavy (non-hydrogen) atoms. The maximum Gasteiger partial charge on any atom is 0.243 e. The first kappa shape index (κ1) is 28.9. The van der Waals surface area contributed by atoms with Crippen LogP contribution in [-0.2, 0) is 26.0 Å². The van der Waals surface area contributed by atoms with Crippen molar-refractivity contribution in [1.29, 1.82) is 0 Å². The second kappa shape index (κ2) is 10.3. The van der Waals surface area contributed by atoms with Crippen LogP contribution in [0, 0.1) is 0 Å². The molecule has 2 fully saturated rings. The fourth-order valence-electron chi connectivity index (χ4n) is 5.26. The standard InChI is InChI=1S/C29H45N7O3Si/c1-18-15-35(16-19(2)39-18)27-30-13-21(14-31-27)36-25-23(29(6,7)26(36)37)24(32-20-11-10-12-20)33-22(34-25)17-38-40(8,9)28(3,4)5/h13-14,18-20H,10-12,15-17H2,1-9H3,(H,32,33,34)/t18-,19+. The number of nitrogens with zero attached hydrogens (tertiary/aromatic N) is 6. The quantitative estimate of drug-likeness (QED) is 0.445. The van der Waals surface area contributed by atoms with Crippen LogP contribution < -0.4 is 15.1 Å². The zero-order chi connectivity index (χ0) is 29.0. The summed E-state index contributed by atoms with van der Waals surface area (Å²) in [6.07, 6.45) is 7.05. The Labute approximate surface area is 239 Å². The third kappa shape index (κ3) is 5.35. The number of nitrogens with one attached hydrogen (secondary N) is 1. The Balaban J connectivity index is 1.51. The van der Waals surface area contributed by atoms with Crippen molar-refractivity contribution in [3.05, 3.63) is 23.8 Å². The Bertz CT molecular complexity index is 1250. The number of ether oxygens (including phenoxy) is 1. The molecule has 11 heteroatoms. The fourth-order valence-corrected chi connectivity index (χ4v) is 6.19. The number of anilines is 4. The summed E-state index contributed by atoms with van der Waals surface area (Å²) < 4.78 is 12.4. The van der Waals surface area contributed by atoms with Gasteiger partial charge in [-0.3, -0.25) is 9.69 Å². The van der Waals surface area contributed by atoms with Crippen LogP contribution in [0.1, 0.15) is 79.1 Å². The van der Waals surface area contributed by atoms with Crippen LogP contribution >= 0.6 is 0 Å². The second-order valence-corrected chi connectivity index (χ2v) is 18.5. The van der Waals surface area contributed by atoms with Crippen LogP contribution in [0.4, 0.5) is 23.3 Å². The molecule has 2 aliphatic heterocycles. The number of fused-ring (bicyclic) bond motifs is 1. The molecule has 3 aliphatic rings. The van der Waals surface area contributed by atoms with E-state index in [0.29, 0.717) is 35.9 Å². The molecule has 1 amide bonds. The number of carbonyl (C=O) groups excluding carboxylic acids is 1. The van der Waals surface area contributed by atoms with Gasteiger partial charge in [0.1, 0.15) is 11.6 Å². The van der Waals surface area contributed by atoms with Crippen molar-refractivity contribution in [3.63, 3.8) is 0 Å². The van der Waals surface area contributed by atoms with Gasteiger partial charge >= 0.3 is 0 Å². The molecule has 218 valence electrons. The first-order valence-corrected chi connectivity index (χ1v) is 17.5. The molecule has 2 atom stereocenters. The Morgan fingerprint density at radius 2 is 1.73 bits per heavy atom. The van der Waals surface area contributed by atoms with Gasteiger partial charge in [0.25, 0.3) is 0 Å². The van der Waals surface area contributed by atoms with E-state index in [4.69, 9.17) is 19.1 Å². The monoisotopic (exact) mass is 567 g/mol. The lowest BCUT2D eigenvalue weighted by Crippen LogP contribution is -2.46. The van der Waals surface area contributed by atoms with Crippen LogP contribution in [0.5, 0.6) is 0 Å². The highest BCUT2D eigenvalue weighted by Crippen LogP contribution is 2.48. The number of hydrogen-bond donors (Lipinski definition) is 1. The molecule has 0 radical (unpaired) electrons. The lowest BCUT2D eigenvalue weighted by molar-refractivity contribution is -0.121. The molecule has 10 nitrogen and oxygen atoms in total. The summed E-state index contributed by atoms with van der Waals surface area (Å²) in [5.74, 6) is 2.47. The van der Waals surface area contributed by atoms with Crippen molar-refractivity contribution in [2.75, 3.05) is 28.2 Å². The van der Waals surface area contributed by atoms with Gasteiger partial charge in [-0.2, -0.15) is 0 Å². The number of rotatable bonds is 7. The van der Waals surface area contributed by atoms with Gasteiger partial charge < -0.3 is 19.4 Å². The minimum Gasteiger partial charge on any atom is -0.409 e. The van der Waals surface area contributed by atoms with Crippen molar-refractivity contribution < 1.29 is 14.0 Å². The zero-order valence-corrected chi connectivity index (χ0v) is 26.5. The highest BCUT2D eigenvalue weighted by Gasteiger charge is 2.49. The molecule has 1 saturated carbocycles. The molecule has 2 aromatic rings. The van der Waals surface area contributed by atoms with E-state index in [2.05, 4.69) is 67.9 Å². The Morgan fingerprint density at radius 3 is 2.27 bits per heavy atom. The number of amides is 1. The minimum absolute atomic E-state index is 0.0654. The van der Waals surface area contributed by atoms with Crippen LogP contribution in [0.2, 0.25) is 18.1 Å². The first-order valence-electron chi connectivity index (χ1n) is 14.6. The van der Waals surface area contributed by atoms with Crippen LogP contribution in [-0.4, -0.2) is 65.5 Å². The van der Waals surface area contributed by atoms with Gasteiger partial charge in [0.2, 0.25) is 11.9 Å². The summed E-state index contributed by atoms with van der Waals surface area (Å²) in [7, 11) is -2.03. The number of hydrogen-bond acceptors (Lipinski definition) is 9. The lowest BCUT2D eigenvalue weighted by atomic mass is 9.86. The molecule has 1 aliphatic carbocycles. The molecular weight excluding hydrogens is 522 g/mol. The number of carbonyl (C=O) groups is 1. The van der Waals surface area contributed by atoms with Gasteiger partial charge in [-0.05, 0) is 65.1 Å². The Morgan fingerprint density at radius 1 is 1.10 bits per heavy atom. The number of morpholine rings is 1. The summed E-state index contributed by atoms with van der Waals surface area (Å²) in [6, 6.07) is 0.356. The average Bonchev–Trinajstić information content (AvgIpc) is 3.04. The topological polar surface area (TPSA) is 106 Å². The molecule has 0 bridgehead atoms. The van der Waals surface area contributed by atoms with E-state index in [-0.39, 0.29) is 23.2 Å². The second-order valence-electron chi connectivity index (χ2n) is 13.7. The van der Waals surface area contributed by atoms with Gasteiger partial charge in [-0.25, -0.2) is 19.9 Å². The van der Waals surface area contributed by atoms with Gasteiger partial charge in [0.05, 0.1) is 47.9 Å². The van der Waals surface area contributed by atoms with Crippen LogP contribution in [0.15, 0.2) is 12.4 Å². The Kier molecular flexibility index (Phi) is 7.46. The molecule has 2 aromatic heterocycles. The molecule has 5 rings (SSSR count). The zero-order valence-electron chi connectivity index (χ0n) is 25.5. The van der Waals surface area contributed by atoms with Gasteiger partial charge in [-0.15, -0.1) is 0 Å². The smallest absolute Gasteiger partial charge is 0.243 e. The van der Waals surface area contributed by atoms with E-state index in [1.54, 1.807) is 17.3 Å². The first-order chi connectivity index (χ1) is 18.7. The molecule has 1 N–H and O–H groups in total. The normalized spacial score (nSPS) is 23.3. The minimum atomic E-state index is -2.03. The third-order valence-corrected chi connectivity index (χ3v) is 13.4. The third-order valence-electron chi connectivity index (χ3n) is 8.91. The van der Waals surface area contributed by atoms with E-state index < -0.39 is 13.7 Å². The van der Waals surface area contributed by atoms with E-state index in [1.807, 2.05) is 13.8 Å². The molecular formula is C29H45N7O3Si. The summed E-state index contributed by atoms with van der Waals surface area (Å²) in [5.41, 5.74) is 0.605. The maximum absolute atomic E-state index is 14.0. The summed E-state index contributed by atoms with van der Waals surface area (Å²) in [5, 5.41) is 3.70. The summed E-state index contributed by atoms with van der Waals surface area (Å²) in [4.78, 5) is 37.0.